The lowest BCUT2D eigenvalue weighted by molar-refractivity contribution is -0.139. The van der Waals surface area contributed by atoms with E-state index in [9.17, 15) is 18.8 Å². The van der Waals surface area contributed by atoms with E-state index in [4.69, 9.17) is 0 Å². The zero-order valence-electron chi connectivity index (χ0n) is 6.80. The molecule has 1 atom stereocenters. The van der Waals surface area contributed by atoms with E-state index < -0.39 is 17.2 Å². The second-order valence-corrected chi connectivity index (χ2v) is 3.49. The number of nitrogens with zero attached hydrogens (tertiary/aromatic N) is 1. The van der Waals surface area contributed by atoms with Crippen LogP contribution in [0, 0.1) is 5.21 Å². The molecule has 0 bridgehead atoms. The quantitative estimate of drug-likeness (QED) is 0.655. The lowest BCUT2D eigenvalue weighted by Crippen LogP contribution is -2.46. The standard InChI is InChI=1S/C7H9ClF2NO2/c8-7(9,10)6(12)5-3-1-2-4-11(5)13/h5H,1-4H2/q-1. The van der Waals surface area contributed by atoms with Gasteiger partial charge in [-0.3, -0.25) is 4.79 Å². The molecular formula is C7H9ClF2NO2-. The van der Waals surface area contributed by atoms with E-state index in [-0.39, 0.29) is 13.0 Å². The van der Waals surface area contributed by atoms with Crippen LogP contribution in [0.5, 0.6) is 0 Å². The van der Waals surface area contributed by atoms with Crippen molar-refractivity contribution in [2.24, 2.45) is 0 Å². The zero-order valence-corrected chi connectivity index (χ0v) is 7.56. The summed E-state index contributed by atoms with van der Waals surface area (Å²) in [7, 11) is 0. The highest BCUT2D eigenvalue weighted by molar-refractivity contribution is 6.33. The van der Waals surface area contributed by atoms with Gasteiger partial charge in [0.2, 0.25) is 5.78 Å². The molecule has 6 heteroatoms. The second-order valence-electron chi connectivity index (χ2n) is 3.01. The molecule has 0 spiro atoms. The Bertz CT molecular complexity index is 207. The smallest absolute Gasteiger partial charge is 0.381 e. The van der Waals surface area contributed by atoms with Gasteiger partial charge in [-0.1, -0.05) is 6.42 Å². The van der Waals surface area contributed by atoms with Crippen molar-refractivity contribution in [3.8, 4) is 0 Å². The van der Waals surface area contributed by atoms with Gasteiger partial charge < -0.3 is 10.3 Å². The molecule has 0 aromatic rings. The SMILES string of the molecule is O=C(C1CCCCN1[O-])C(F)(F)Cl. The Balaban J connectivity index is 2.64. The Morgan fingerprint density at radius 2 is 2.15 bits per heavy atom. The van der Waals surface area contributed by atoms with Crippen LogP contribution in [0.15, 0.2) is 0 Å². The topological polar surface area (TPSA) is 43.4 Å². The highest BCUT2D eigenvalue weighted by Crippen LogP contribution is 2.27. The highest BCUT2D eigenvalue weighted by atomic mass is 35.5. The van der Waals surface area contributed by atoms with E-state index in [2.05, 4.69) is 11.6 Å². The third-order valence-electron chi connectivity index (χ3n) is 2.04. The van der Waals surface area contributed by atoms with Crippen molar-refractivity contribution < 1.29 is 13.6 Å². The molecule has 76 valence electrons. The number of Topliss-reactive ketones (excluding diaryl/α,β-unsaturated/α-hetero) is 1. The first kappa shape index (κ1) is 10.8. The largest absolute Gasteiger partial charge is 0.785 e. The predicted molar refractivity (Wildman–Crippen MR) is 43.5 cm³/mol. The number of hydrogen-bond acceptors (Lipinski definition) is 3. The second kappa shape index (κ2) is 3.86. The highest BCUT2D eigenvalue weighted by Gasteiger charge is 2.41. The van der Waals surface area contributed by atoms with E-state index in [0.29, 0.717) is 17.9 Å². The van der Waals surface area contributed by atoms with Crippen molar-refractivity contribution in [3.05, 3.63) is 5.21 Å². The molecule has 0 N–H and O–H groups in total. The summed E-state index contributed by atoms with van der Waals surface area (Å²) in [4.78, 5) is 10.9. The van der Waals surface area contributed by atoms with Gasteiger partial charge in [-0.2, -0.15) is 8.78 Å². The molecule has 1 aliphatic rings. The molecule has 0 aromatic carbocycles. The number of hydrogen-bond donors (Lipinski definition) is 0. The number of halogens is 3. The normalized spacial score (nSPS) is 26.0. The van der Waals surface area contributed by atoms with E-state index in [1.807, 2.05) is 0 Å². The van der Waals surface area contributed by atoms with Crippen LogP contribution in [0.2, 0.25) is 0 Å². The minimum atomic E-state index is -3.91. The first-order valence-corrected chi connectivity index (χ1v) is 4.35. The summed E-state index contributed by atoms with van der Waals surface area (Å²) < 4.78 is 24.6. The van der Waals surface area contributed by atoms with Gasteiger partial charge in [0.25, 0.3) is 0 Å². The van der Waals surface area contributed by atoms with Gasteiger partial charge in [0.1, 0.15) is 0 Å². The van der Waals surface area contributed by atoms with Crippen LogP contribution in [0.1, 0.15) is 19.3 Å². The van der Waals surface area contributed by atoms with Crippen LogP contribution in [-0.4, -0.2) is 28.8 Å². The summed E-state index contributed by atoms with van der Waals surface area (Å²) in [5.74, 6) is -1.48. The van der Waals surface area contributed by atoms with Gasteiger partial charge in [-0.15, -0.1) is 0 Å². The van der Waals surface area contributed by atoms with Crippen LogP contribution in [0.4, 0.5) is 8.78 Å². The van der Waals surface area contributed by atoms with Gasteiger partial charge >= 0.3 is 5.38 Å². The minimum Gasteiger partial charge on any atom is -0.785 e. The van der Waals surface area contributed by atoms with Crippen molar-refractivity contribution >= 4 is 17.4 Å². The van der Waals surface area contributed by atoms with E-state index >= 15 is 0 Å². The molecule has 3 nitrogen and oxygen atoms in total. The Morgan fingerprint density at radius 3 is 2.62 bits per heavy atom. The first-order chi connectivity index (χ1) is 5.93. The molecule has 13 heavy (non-hydrogen) atoms. The minimum absolute atomic E-state index is 0.128. The third-order valence-corrected chi connectivity index (χ3v) is 2.22. The van der Waals surface area contributed by atoms with Crippen LogP contribution >= 0.6 is 11.6 Å². The van der Waals surface area contributed by atoms with Gasteiger partial charge in [-0.25, -0.2) is 0 Å². The molecule has 1 rings (SSSR count). The van der Waals surface area contributed by atoms with E-state index in [1.165, 1.54) is 0 Å². The summed E-state index contributed by atoms with van der Waals surface area (Å²) in [5.41, 5.74) is 0. The summed E-state index contributed by atoms with van der Waals surface area (Å²) in [6.07, 6.45) is 1.42. The Morgan fingerprint density at radius 1 is 1.54 bits per heavy atom. The lowest BCUT2D eigenvalue weighted by Gasteiger charge is -2.40. The van der Waals surface area contributed by atoms with Gasteiger partial charge in [0, 0.05) is 0 Å². The maximum absolute atomic E-state index is 12.3. The number of rotatable bonds is 2. The van der Waals surface area contributed by atoms with Gasteiger partial charge in [-0.05, 0) is 31.0 Å². The predicted octanol–water partition coefficient (Wildman–Crippen LogP) is 1.74. The number of piperidine rings is 1. The molecule has 0 radical (unpaired) electrons. The number of ketones is 1. The fourth-order valence-electron chi connectivity index (χ4n) is 1.36. The summed E-state index contributed by atoms with van der Waals surface area (Å²) in [5, 5.41) is 7.47. The summed E-state index contributed by atoms with van der Waals surface area (Å²) in [6, 6.07) is -1.26. The molecule has 1 saturated heterocycles. The van der Waals surface area contributed by atoms with Crippen LogP contribution in [0.3, 0.4) is 0 Å². The molecule has 0 saturated carbocycles. The van der Waals surface area contributed by atoms with Crippen molar-refractivity contribution in [3.63, 3.8) is 0 Å². The molecule has 1 unspecified atom stereocenters. The van der Waals surface area contributed by atoms with Crippen LogP contribution in [0.25, 0.3) is 0 Å². The average Bonchev–Trinajstić information content (AvgIpc) is 2.02. The molecule has 1 heterocycles. The van der Waals surface area contributed by atoms with Crippen molar-refractivity contribution in [1.29, 1.82) is 0 Å². The average molecular weight is 213 g/mol. The number of carbonyl (C=O) groups is 1. The molecule has 0 aliphatic carbocycles. The first-order valence-electron chi connectivity index (χ1n) is 3.97. The third kappa shape index (κ3) is 2.59. The summed E-state index contributed by atoms with van der Waals surface area (Å²) in [6.45, 7) is 0.128. The zero-order chi connectivity index (χ0) is 10.1. The maximum atomic E-state index is 12.3. The maximum Gasteiger partial charge on any atom is 0.381 e. The van der Waals surface area contributed by atoms with Gasteiger partial charge in [0.05, 0.1) is 6.04 Å². The molecule has 1 aliphatic heterocycles. The van der Waals surface area contributed by atoms with E-state index in [0.717, 1.165) is 0 Å². The Hall–Kier alpha value is -0.260. The number of alkyl halides is 3. The van der Waals surface area contributed by atoms with Crippen molar-refractivity contribution in [2.45, 2.75) is 30.7 Å². The Labute approximate surface area is 79.2 Å². The summed E-state index contributed by atoms with van der Waals surface area (Å²) >= 11 is 4.53. The number of carbonyl (C=O) groups excluding carboxylic acids is 1. The van der Waals surface area contributed by atoms with E-state index in [1.54, 1.807) is 0 Å². The fourth-order valence-corrected chi connectivity index (χ4v) is 1.48. The number of hydroxylamine groups is 2. The molecule has 0 aromatic heterocycles. The van der Waals surface area contributed by atoms with Crippen molar-refractivity contribution in [2.75, 3.05) is 6.54 Å². The Kier molecular flexibility index (Phi) is 3.21. The van der Waals surface area contributed by atoms with Gasteiger partial charge in [0.15, 0.2) is 0 Å². The van der Waals surface area contributed by atoms with Crippen molar-refractivity contribution in [1.82, 2.24) is 5.06 Å². The monoisotopic (exact) mass is 212 g/mol. The lowest BCUT2D eigenvalue weighted by atomic mass is 10.0. The van der Waals surface area contributed by atoms with Crippen LogP contribution in [-0.2, 0) is 4.79 Å². The molecule has 1 fully saturated rings. The fraction of sp³-hybridized carbons (Fsp3) is 0.857. The van der Waals surface area contributed by atoms with Crippen LogP contribution < -0.4 is 0 Å². The molecular weight excluding hydrogens is 204 g/mol. The molecule has 0 amide bonds.